The molecule has 1 heterocycles. The van der Waals surface area contributed by atoms with Gasteiger partial charge in [0.25, 0.3) is 10.0 Å². The molecule has 0 fully saturated rings. The summed E-state index contributed by atoms with van der Waals surface area (Å²) in [4.78, 5) is 4.47. The summed E-state index contributed by atoms with van der Waals surface area (Å²) >= 11 is 3.42. The molecule has 0 radical (unpaired) electrons. The van der Waals surface area contributed by atoms with Gasteiger partial charge in [0.15, 0.2) is 0 Å². The van der Waals surface area contributed by atoms with E-state index in [1.54, 1.807) is 13.0 Å². The van der Waals surface area contributed by atoms with Crippen LogP contribution in [0.15, 0.2) is 33.9 Å². The normalized spacial score (nSPS) is 12.1. The summed E-state index contributed by atoms with van der Waals surface area (Å²) in [5.74, 6) is 0.585. The highest BCUT2D eigenvalue weighted by Gasteiger charge is 2.24. The zero-order valence-corrected chi connectivity index (χ0v) is 14.3. The number of rotatable bonds is 3. The summed E-state index contributed by atoms with van der Waals surface area (Å²) in [6.07, 6.45) is 3.02. The minimum atomic E-state index is -3.61. The summed E-state index contributed by atoms with van der Waals surface area (Å²) in [5.41, 5.74) is 1.60. The van der Waals surface area contributed by atoms with E-state index in [1.165, 1.54) is 16.4 Å². The van der Waals surface area contributed by atoms with E-state index in [-0.39, 0.29) is 5.92 Å². The van der Waals surface area contributed by atoms with Gasteiger partial charge >= 0.3 is 0 Å². The van der Waals surface area contributed by atoms with E-state index in [2.05, 4.69) is 20.9 Å². The summed E-state index contributed by atoms with van der Waals surface area (Å²) in [7, 11) is -3.61. The molecule has 1 aromatic heterocycles. The molecule has 2 rings (SSSR count). The molecule has 1 aromatic carbocycles. The molecule has 2 aromatic rings. The molecular formula is C14H17BrN2O2S. The second-order valence-electron chi connectivity index (χ2n) is 5.11. The first kappa shape index (κ1) is 15.3. The Labute approximate surface area is 128 Å². The Morgan fingerprint density at radius 3 is 2.45 bits per heavy atom. The quantitative estimate of drug-likeness (QED) is 0.843. The Bertz CT molecular complexity index is 749. The molecule has 20 heavy (non-hydrogen) atoms. The molecule has 108 valence electrons. The fourth-order valence-corrected chi connectivity index (χ4v) is 4.23. The van der Waals surface area contributed by atoms with E-state index in [4.69, 9.17) is 0 Å². The maximum Gasteiger partial charge on any atom is 0.269 e. The molecule has 0 N–H and O–H groups in total. The van der Waals surface area contributed by atoms with Crippen LogP contribution >= 0.6 is 15.9 Å². The topological polar surface area (TPSA) is 52.0 Å². The van der Waals surface area contributed by atoms with Crippen molar-refractivity contribution in [2.24, 2.45) is 0 Å². The van der Waals surface area contributed by atoms with E-state index in [0.29, 0.717) is 16.3 Å². The van der Waals surface area contributed by atoms with Crippen molar-refractivity contribution >= 4 is 26.0 Å². The van der Waals surface area contributed by atoms with Crippen LogP contribution in [0.2, 0.25) is 0 Å². The molecule has 0 saturated heterocycles. The lowest BCUT2D eigenvalue weighted by atomic mass is 10.2. The summed E-state index contributed by atoms with van der Waals surface area (Å²) < 4.78 is 27.8. The SMILES string of the molecule is Cc1cc(S(=O)(=O)n2ccnc2C(C)C)c(C)cc1Br. The average molecular weight is 357 g/mol. The molecule has 0 spiro atoms. The first-order valence-corrected chi connectivity index (χ1v) is 8.54. The molecule has 0 aliphatic rings. The zero-order valence-electron chi connectivity index (χ0n) is 11.9. The van der Waals surface area contributed by atoms with E-state index in [0.717, 1.165) is 10.0 Å². The monoisotopic (exact) mass is 356 g/mol. The highest BCUT2D eigenvalue weighted by molar-refractivity contribution is 9.10. The van der Waals surface area contributed by atoms with Gasteiger partial charge in [-0.25, -0.2) is 17.4 Å². The highest BCUT2D eigenvalue weighted by Crippen LogP contribution is 2.27. The molecule has 0 atom stereocenters. The predicted octanol–water partition coefficient (Wildman–Crippen LogP) is 3.62. The molecule has 0 aliphatic heterocycles. The van der Waals surface area contributed by atoms with Gasteiger partial charge in [0.1, 0.15) is 5.82 Å². The number of aromatic nitrogens is 2. The number of aryl methyl sites for hydroxylation is 2. The Morgan fingerprint density at radius 1 is 1.20 bits per heavy atom. The van der Waals surface area contributed by atoms with Crippen LogP contribution in [0, 0.1) is 13.8 Å². The second kappa shape index (κ2) is 5.33. The number of hydrogen-bond donors (Lipinski definition) is 0. The molecule has 0 amide bonds. The summed E-state index contributed by atoms with van der Waals surface area (Å²) in [5, 5.41) is 0. The van der Waals surface area contributed by atoms with Crippen LogP contribution in [0.4, 0.5) is 0 Å². The summed E-state index contributed by atoms with van der Waals surface area (Å²) in [6.45, 7) is 7.52. The number of halogens is 1. The maximum absolute atomic E-state index is 12.8. The van der Waals surface area contributed by atoms with Crippen molar-refractivity contribution in [2.75, 3.05) is 0 Å². The molecule has 0 aliphatic carbocycles. The van der Waals surface area contributed by atoms with E-state index in [1.807, 2.05) is 26.8 Å². The van der Waals surface area contributed by atoms with Gasteiger partial charge in [0, 0.05) is 22.8 Å². The lowest BCUT2D eigenvalue weighted by Gasteiger charge is -2.14. The lowest BCUT2D eigenvalue weighted by molar-refractivity contribution is 0.581. The van der Waals surface area contributed by atoms with Crippen LogP contribution in [0.25, 0.3) is 0 Å². The molecular weight excluding hydrogens is 340 g/mol. The van der Waals surface area contributed by atoms with Crippen LogP contribution in [-0.4, -0.2) is 17.4 Å². The van der Waals surface area contributed by atoms with Gasteiger partial charge in [-0.3, -0.25) is 0 Å². The van der Waals surface area contributed by atoms with E-state index in [9.17, 15) is 8.42 Å². The van der Waals surface area contributed by atoms with Gasteiger partial charge in [-0.1, -0.05) is 29.8 Å². The standard InChI is InChI=1S/C14H17BrN2O2S/c1-9(2)14-16-5-6-17(14)20(18,19)13-8-10(3)12(15)7-11(13)4/h5-9H,1-4H3. The van der Waals surface area contributed by atoms with E-state index >= 15 is 0 Å². The van der Waals surface area contributed by atoms with E-state index < -0.39 is 10.0 Å². The van der Waals surface area contributed by atoms with Gasteiger partial charge < -0.3 is 0 Å². The molecule has 6 heteroatoms. The third-order valence-corrected chi connectivity index (χ3v) is 5.82. The third kappa shape index (κ3) is 2.54. The van der Waals surface area contributed by atoms with Gasteiger partial charge in [-0.2, -0.15) is 0 Å². The molecule has 0 bridgehead atoms. The first-order valence-electron chi connectivity index (χ1n) is 6.30. The Kier molecular flexibility index (Phi) is 4.07. The number of imidazole rings is 1. The Balaban J connectivity index is 2.67. The van der Waals surface area contributed by atoms with Crippen molar-refractivity contribution in [3.8, 4) is 0 Å². The number of nitrogens with zero attached hydrogens (tertiary/aromatic N) is 2. The highest BCUT2D eigenvalue weighted by atomic mass is 79.9. The number of hydrogen-bond acceptors (Lipinski definition) is 3. The maximum atomic E-state index is 12.8. The van der Waals surface area contributed by atoms with Crippen molar-refractivity contribution in [2.45, 2.75) is 38.5 Å². The van der Waals surface area contributed by atoms with Gasteiger partial charge in [-0.15, -0.1) is 0 Å². The first-order chi connectivity index (χ1) is 9.25. The van der Waals surface area contributed by atoms with Crippen LogP contribution in [0.5, 0.6) is 0 Å². The minimum absolute atomic E-state index is 0.0385. The molecule has 0 unspecified atom stereocenters. The fraction of sp³-hybridized carbons (Fsp3) is 0.357. The van der Waals surface area contributed by atoms with Crippen LogP contribution in [-0.2, 0) is 10.0 Å². The minimum Gasteiger partial charge on any atom is -0.240 e. The predicted molar refractivity (Wildman–Crippen MR) is 82.5 cm³/mol. The molecule has 0 saturated carbocycles. The zero-order chi connectivity index (χ0) is 15.1. The van der Waals surface area contributed by atoms with Crippen molar-refractivity contribution in [1.29, 1.82) is 0 Å². The molecule has 4 nitrogen and oxygen atoms in total. The summed E-state index contributed by atoms with van der Waals surface area (Å²) in [6, 6.07) is 3.52. The Morgan fingerprint density at radius 2 is 1.85 bits per heavy atom. The Hall–Kier alpha value is -1.14. The largest absolute Gasteiger partial charge is 0.269 e. The van der Waals surface area contributed by atoms with Crippen LogP contribution in [0.3, 0.4) is 0 Å². The van der Waals surface area contributed by atoms with Crippen molar-refractivity contribution in [3.05, 3.63) is 46.0 Å². The number of benzene rings is 1. The smallest absolute Gasteiger partial charge is 0.240 e. The lowest BCUT2D eigenvalue weighted by Crippen LogP contribution is -2.17. The third-order valence-electron chi connectivity index (χ3n) is 3.14. The fourth-order valence-electron chi connectivity index (χ4n) is 2.05. The average Bonchev–Trinajstić information content (AvgIpc) is 2.83. The van der Waals surface area contributed by atoms with Gasteiger partial charge in [0.05, 0.1) is 4.90 Å². The second-order valence-corrected chi connectivity index (χ2v) is 7.75. The van der Waals surface area contributed by atoms with Crippen LogP contribution < -0.4 is 0 Å². The van der Waals surface area contributed by atoms with Crippen molar-refractivity contribution in [1.82, 2.24) is 8.96 Å². The van der Waals surface area contributed by atoms with Crippen LogP contribution in [0.1, 0.15) is 36.7 Å². The van der Waals surface area contributed by atoms with Crippen molar-refractivity contribution in [3.63, 3.8) is 0 Å². The van der Waals surface area contributed by atoms with Gasteiger partial charge in [-0.05, 0) is 37.1 Å². The van der Waals surface area contributed by atoms with Crippen molar-refractivity contribution < 1.29 is 8.42 Å². The van der Waals surface area contributed by atoms with Gasteiger partial charge in [0.2, 0.25) is 0 Å².